The van der Waals surface area contributed by atoms with Crippen LogP contribution in [0.1, 0.15) is 34.6 Å². The molecule has 0 radical (unpaired) electrons. The number of anilines is 1. The molecule has 1 aliphatic rings. The van der Waals surface area contributed by atoms with Gasteiger partial charge in [-0.3, -0.25) is 14.4 Å². The Morgan fingerprint density at radius 2 is 2.04 bits per heavy atom. The number of amides is 1. The Balaban J connectivity index is 1.81. The third kappa shape index (κ3) is 3.05. The normalized spacial score (nSPS) is 15.2. The van der Waals surface area contributed by atoms with Crippen LogP contribution in [0.3, 0.4) is 0 Å². The van der Waals surface area contributed by atoms with E-state index in [1.54, 1.807) is 36.4 Å². The molecule has 2 aromatic carbocycles. The van der Waals surface area contributed by atoms with Crippen molar-refractivity contribution < 1.29 is 14.3 Å². The van der Waals surface area contributed by atoms with E-state index in [4.69, 9.17) is 16.3 Å². The predicted octanol–water partition coefficient (Wildman–Crippen LogP) is 3.89. The molecule has 0 saturated heterocycles. The van der Waals surface area contributed by atoms with E-state index >= 15 is 0 Å². The lowest BCUT2D eigenvalue weighted by molar-refractivity contribution is 0.101. The number of Topliss-reactive ketones (excluding diaryl/α,β-unsaturated/α-hetero) is 1. The maximum atomic E-state index is 13.0. The number of aromatic nitrogens is 1. The summed E-state index contributed by atoms with van der Waals surface area (Å²) in [5.41, 5.74) is 1.02. The Morgan fingerprint density at radius 1 is 1.25 bits per heavy atom. The number of hydrogen-bond donors (Lipinski definition) is 1. The van der Waals surface area contributed by atoms with E-state index in [0.29, 0.717) is 29.1 Å². The average Bonchev–Trinajstić information content (AvgIpc) is 2.65. The topological polar surface area (TPSA) is 77.4 Å². The van der Waals surface area contributed by atoms with Crippen molar-refractivity contribution in [1.82, 2.24) is 4.57 Å². The average molecular weight is 397 g/mol. The van der Waals surface area contributed by atoms with Crippen LogP contribution in [0.4, 0.5) is 5.69 Å². The van der Waals surface area contributed by atoms with Crippen molar-refractivity contribution in [2.45, 2.75) is 26.5 Å². The number of ketones is 1. The lowest BCUT2D eigenvalue weighted by Gasteiger charge is -2.26. The van der Waals surface area contributed by atoms with Gasteiger partial charge in [-0.25, -0.2) is 0 Å². The van der Waals surface area contributed by atoms with Crippen LogP contribution in [-0.4, -0.2) is 22.4 Å². The fourth-order valence-electron chi connectivity index (χ4n) is 3.41. The molecule has 0 spiro atoms. The van der Waals surface area contributed by atoms with Gasteiger partial charge in [-0.15, -0.1) is 0 Å². The molecule has 1 aromatic heterocycles. The van der Waals surface area contributed by atoms with Crippen LogP contribution in [0.25, 0.3) is 10.9 Å². The van der Waals surface area contributed by atoms with Gasteiger partial charge >= 0.3 is 0 Å². The number of pyridine rings is 1. The number of nitrogens with zero attached hydrogens (tertiary/aromatic N) is 1. The highest BCUT2D eigenvalue weighted by Gasteiger charge is 2.24. The van der Waals surface area contributed by atoms with Crippen molar-refractivity contribution in [2.24, 2.45) is 0 Å². The molecule has 2 heterocycles. The van der Waals surface area contributed by atoms with E-state index in [-0.39, 0.29) is 27.9 Å². The van der Waals surface area contributed by atoms with Crippen LogP contribution in [0, 0.1) is 0 Å². The molecule has 1 unspecified atom stereocenters. The molecule has 3 aromatic rings. The van der Waals surface area contributed by atoms with Crippen molar-refractivity contribution in [3.05, 3.63) is 69.0 Å². The van der Waals surface area contributed by atoms with E-state index in [1.165, 1.54) is 13.1 Å². The highest BCUT2D eigenvalue weighted by molar-refractivity contribution is 6.35. The van der Waals surface area contributed by atoms with Crippen molar-refractivity contribution in [3.8, 4) is 5.75 Å². The number of ether oxygens (including phenoxy) is 1. The first-order chi connectivity index (χ1) is 13.3. The number of carbonyl (C=O) groups is 2. The second kappa shape index (κ2) is 6.80. The zero-order valence-electron chi connectivity index (χ0n) is 15.3. The van der Waals surface area contributed by atoms with Crippen LogP contribution in [0.15, 0.2) is 47.4 Å². The Hall–Kier alpha value is -3.12. The summed E-state index contributed by atoms with van der Waals surface area (Å²) < 4.78 is 7.62. The molecule has 0 saturated carbocycles. The Bertz CT molecular complexity index is 1200. The molecule has 7 heteroatoms. The minimum atomic E-state index is -0.558. The largest absolute Gasteiger partial charge is 0.487 e. The molecule has 1 amide bonds. The van der Waals surface area contributed by atoms with Crippen LogP contribution >= 0.6 is 11.6 Å². The van der Waals surface area contributed by atoms with E-state index in [1.807, 2.05) is 11.5 Å². The van der Waals surface area contributed by atoms with Crippen LogP contribution in [-0.2, 0) is 6.54 Å². The zero-order chi connectivity index (χ0) is 20.0. The van der Waals surface area contributed by atoms with Gasteiger partial charge in [0.1, 0.15) is 17.4 Å². The molecular weight excluding hydrogens is 380 g/mol. The highest BCUT2D eigenvalue weighted by Crippen LogP contribution is 2.33. The summed E-state index contributed by atoms with van der Waals surface area (Å²) in [4.78, 5) is 37.4. The van der Waals surface area contributed by atoms with E-state index in [9.17, 15) is 14.4 Å². The molecule has 1 aliphatic heterocycles. The van der Waals surface area contributed by atoms with Gasteiger partial charge in [0.2, 0.25) is 5.43 Å². The predicted molar refractivity (Wildman–Crippen MR) is 108 cm³/mol. The van der Waals surface area contributed by atoms with Gasteiger partial charge in [0.05, 0.1) is 22.5 Å². The van der Waals surface area contributed by atoms with Crippen molar-refractivity contribution >= 4 is 39.9 Å². The second-order valence-corrected chi connectivity index (χ2v) is 7.22. The molecular formula is C21H17ClN2O4. The van der Waals surface area contributed by atoms with E-state index < -0.39 is 11.3 Å². The summed E-state index contributed by atoms with van der Waals surface area (Å²) in [6, 6.07) is 9.89. The summed E-state index contributed by atoms with van der Waals surface area (Å²) in [5, 5.41) is 3.22. The number of halogens is 1. The Labute approximate surface area is 165 Å². The van der Waals surface area contributed by atoms with E-state index in [2.05, 4.69) is 5.32 Å². The molecule has 4 rings (SSSR count). The van der Waals surface area contributed by atoms with E-state index in [0.717, 1.165) is 0 Å². The number of carbonyl (C=O) groups excluding carboxylic acids is 2. The number of hydrogen-bond acceptors (Lipinski definition) is 4. The lowest BCUT2D eigenvalue weighted by Crippen LogP contribution is -2.30. The molecule has 0 fully saturated rings. The van der Waals surface area contributed by atoms with Gasteiger partial charge in [0.25, 0.3) is 5.91 Å². The van der Waals surface area contributed by atoms with Gasteiger partial charge in [-0.05, 0) is 38.1 Å². The summed E-state index contributed by atoms with van der Waals surface area (Å²) in [7, 11) is 0. The van der Waals surface area contributed by atoms with Crippen LogP contribution < -0.4 is 15.5 Å². The minimum Gasteiger partial charge on any atom is -0.487 e. The summed E-state index contributed by atoms with van der Waals surface area (Å²) in [5.74, 6) is -0.104. The first kappa shape index (κ1) is 18.3. The maximum absolute atomic E-state index is 13.0. The highest BCUT2D eigenvalue weighted by atomic mass is 35.5. The lowest BCUT2D eigenvalue weighted by atomic mass is 10.1. The van der Waals surface area contributed by atoms with Gasteiger partial charge < -0.3 is 14.6 Å². The molecule has 0 aliphatic carbocycles. The molecule has 142 valence electrons. The molecule has 1 atom stereocenters. The van der Waals surface area contributed by atoms with Crippen molar-refractivity contribution in [2.75, 3.05) is 5.32 Å². The monoisotopic (exact) mass is 396 g/mol. The number of benzene rings is 2. The van der Waals surface area contributed by atoms with Crippen LogP contribution in [0.2, 0.25) is 5.02 Å². The zero-order valence-corrected chi connectivity index (χ0v) is 16.0. The second-order valence-electron chi connectivity index (χ2n) is 6.81. The SMILES string of the molecule is CC(=O)c1cccc(NC(=O)c2cn3c4c(ccc(Cl)c4c2=O)OC(C)C3)c1. The Kier molecular flexibility index (Phi) is 4.43. The summed E-state index contributed by atoms with van der Waals surface area (Å²) in [6.45, 7) is 3.85. The van der Waals surface area contributed by atoms with Crippen molar-refractivity contribution in [1.29, 1.82) is 0 Å². The molecule has 1 N–H and O–H groups in total. The van der Waals surface area contributed by atoms with Gasteiger partial charge in [0, 0.05) is 17.4 Å². The fourth-order valence-corrected chi connectivity index (χ4v) is 3.65. The summed E-state index contributed by atoms with van der Waals surface area (Å²) >= 11 is 6.28. The molecule has 28 heavy (non-hydrogen) atoms. The first-order valence-electron chi connectivity index (χ1n) is 8.80. The molecule has 6 nitrogen and oxygen atoms in total. The standard InChI is InChI=1S/C21H17ClN2O4/c1-11-9-24-10-15(20(26)18-16(22)6-7-17(28-11)19(18)24)21(27)23-14-5-3-4-13(8-14)12(2)25/h3-8,10-11H,9H2,1-2H3,(H,23,27). The maximum Gasteiger partial charge on any atom is 0.261 e. The smallest absolute Gasteiger partial charge is 0.261 e. The van der Waals surface area contributed by atoms with Crippen molar-refractivity contribution in [3.63, 3.8) is 0 Å². The third-order valence-corrected chi connectivity index (χ3v) is 5.00. The van der Waals surface area contributed by atoms with Gasteiger partial charge in [-0.1, -0.05) is 23.7 Å². The fraction of sp³-hybridized carbons (Fsp3) is 0.190. The van der Waals surface area contributed by atoms with Gasteiger partial charge in [-0.2, -0.15) is 0 Å². The Morgan fingerprint density at radius 3 is 2.79 bits per heavy atom. The first-order valence-corrected chi connectivity index (χ1v) is 9.17. The van der Waals surface area contributed by atoms with Gasteiger partial charge in [0.15, 0.2) is 5.78 Å². The quantitative estimate of drug-likeness (QED) is 0.681. The molecule has 0 bridgehead atoms. The minimum absolute atomic E-state index is 0.0196. The third-order valence-electron chi connectivity index (χ3n) is 4.69. The summed E-state index contributed by atoms with van der Waals surface area (Å²) in [6.07, 6.45) is 1.43. The number of rotatable bonds is 3. The number of nitrogens with one attached hydrogen (secondary N) is 1. The van der Waals surface area contributed by atoms with Crippen LogP contribution in [0.5, 0.6) is 5.75 Å².